The minimum atomic E-state index is -4.56. The fourth-order valence-corrected chi connectivity index (χ4v) is 2.59. The molecular formula is C15H19F3N2O3. The van der Waals surface area contributed by atoms with Gasteiger partial charge in [0.2, 0.25) is 0 Å². The number of hydrogen-bond acceptors (Lipinski definition) is 3. The van der Waals surface area contributed by atoms with Gasteiger partial charge in [-0.2, -0.15) is 13.2 Å². The summed E-state index contributed by atoms with van der Waals surface area (Å²) in [6.07, 6.45) is -6.61. The molecule has 5 nitrogen and oxygen atoms in total. The highest BCUT2D eigenvalue weighted by atomic mass is 19.4. The Kier molecular flexibility index (Phi) is 4.84. The molecule has 0 spiro atoms. The number of H-pyrrole nitrogens is 1. The summed E-state index contributed by atoms with van der Waals surface area (Å²) in [6, 6.07) is 1.77. The average molecular weight is 332 g/mol. The number of alkyl halides is 3. The molecule has 1 amide bonds. The summed E-state index contributed by atoms with van der Waals surface area (Å²) in [6.45, 7) is 4.82. The summed E-state index contributed by atoms with van der Waals surface area (Å²) in [7, 11) is 0. The van der Waals surface area contributed by atoms with E-state index < -0.39 is 29.8 Å². The molecule has 1 aliphatic heterocycles. The molecule has 1 aromatic heterocycles. The molecule has 23 heavy (non-hydrogen) atoms. The van der Waals surface area contributed by atoms with Crippen LogP contribution in [-0.2, 0) is 4.74 Å². The van der Waals surface area contributed by atoms with E-state index >= 15 is 0 Å². The predicted molar refractivity (Wildman–Crippen MR) is 77.4 cm³/mol. The zero-order chi connectivity index (χ0) is 17.4. The fraction of sp³-hybridized carbons (Fsp3) is 0.600. The molecule has 1 aromatic rings. The second-order valence-corrected chi connectivity index (χ2v) is 5.88. The van der Waals surface area contributed by atoms with Gasteiger partial charge in [0.05, 0.1) is 12.6 Å². The zero-order valence-electron chi connectivity index (χ0n) is 13.1. The number of amides is 1. The van der Waals surface area contributed by atoms with Gasteiger partial charge in [0.25, 0.3) is 11.5 Å². The normalized spacial score (nSPS) is 22.5. The molecule has 2 atom stereocenters. The van der Waals surface area contributed by atoms with Crippen LogP contribution in [0.15, 0.2) is 16.9 Å². The Morgan fingerprint density at radius 3 is 2.57 bits per heavy atom. The van der Waals surface area contributed by atoms with Crippen molar-refractivity contribution in [2.24, 2.45) is 0 Å². The van der Waals surface area contributed by atoms with Crippen LogP contribution in [0.4, 0.5) is 13.2 Å². The van der Waals surface area contributed by atoms with Gasteiger partial charge in [0.15, 0.2) is 6.10 Å². The van der Waals surface area contributed by atoms with Gasteiger partial charge in [-0.1, -0.05) is 13.8 Å². The van der Waals surface area contributed by atoms with Crippen molar-refractivity contribution in [1.29, 1.82) is 0 Å². The van der Waals surface area contributed by atoms with Gasteiger partial charge < -0.3 is 14.6 Å². The number of nitrogens with one attached hydrogen (secondary N) is 1. The highest BCUT2D eigenvalue weighted by molar-refractivity contribution is 5.94. The second kappa shape index (κ2) is 6.35. The van der Waals surface area contributed by atoms with E-state index in [1.807, 2.05) is 13.8 Å². The number of carbonyl (C=O) groups is 1. The topological polar surface area (TPSA) is 62.4 Å². The maximum atomic E-state index is 12.9. The van der Waals surface area contributed by atoms with Crippen molar-refractivity contribution in [3.63, 3.8) is 0 Å². The van der Waals surface area contributed by atoms with Crippen LogP contribution in [0, 0.1) is 0 Å². The van der Waals surface area contributed by atoms with Crippen LogP contribution in [-0.4, -0.2) is 47.3 Å². The van der Waals surface area contributed by atoms with E-state index in [2.05, 4.69) is 4.98 Å². The highest BCUT2D eigenvalue weighted by Crippen LogP contribution is 2.30. The summed E-state index contributed by atoms with van der Waals surface area (Å²) < 4.78 is 43.5. The molecule has 1 N–H and O–H groups in total. The Labute approximate surface area is 131 Å². The molecule has 0 aliphatic carbocycles. The molecule has 2 rings (SSSR count). The lowest BCUT2D eigenvalue weighted by Crippen LogP contribution is -2.57. The summed E-state index contributed by atoms with van der Waals surface area (Å²) in [5.41, 5.74) is -0.0951. The van der Waals surface area contributed by atoms with Gasteiger partial charge >= 0.3 is 6.18 Å². The monoisotopic (exact) mass is 332 g/mol. The Morgan fingerprint density at radius 2 is 2.04 bits per heavy atom. The van der Waals surface area contributed by atoms with E-state index in [0.717, 1.165) is 4.90 Å². The van der Waals surface area contributed by atoms with Crippen molar-refractivity contribution in [3.05, 3.63) is 33.7 Å². The number of aromatic amines is 1. The van der Waals surface area contributed by atoms with Crippen molar-refractivity contribution >= 4 is 5.91 Å². The first-order chi connectivity index (χ1) is 10.6. The third-order valence-corrected chi connectivity index (χ3v) is 3.93. The molecule has 0 aromatic carbocycles. The lowest BCUT2D eigenvalue weighted by molar-refractivity contribution is -0.246. The number of halogens is 3. The summed E-state index contributed by atoms with van der Waals surface area (Å²) in [5, 5.41) is 0. The Hall–Kier alpha value is -1.83. The first-order valence-corrected chi connectivity index (χ1v) is 7.35. The Balaban J connectivity index is 2.28. The molecule has 0 saturated carbocycles. The number of morpholine rings is 1. The van der Waals surface area contributed by atoms with E-state index in [1.165, 1.54) is 13.0 Å². The average Bonchev–Trinajstić information content (AvgIpc) is 2.45. The van der Waals surface area contributed by atoms with E-state index in [9.17, 15) is 22.8 Å². The van der Waals surface area contributed by atoms with Crippen LogP contribution < -0.4 is 5.56 Å². The number of rotatable bonds is 2. The maximum absolute atomic E-state index is 12.9. The van der Waals surface area contributed by atoms with Crippen LogP contribution in [0.5, 0.6) is 0 Å². The third-order valence-electron chi connectivity index (χ3n) is 3.93. The SMILES string of the molecule is CC(C)c1ccc(C(=O)N2CCO[C@H](C(F)(F)F)[C@@H]2C)c(=O)[nH]1. The molecule has 1 fully saturated rings. The number of aromatic nitrogens is 1. The van der Waals surface area contributed by atoms with Gasteiger partial charge in [-0.25, -0.2) is 0 Å². The van der Waals surface area contributed by atoms with Gasteiger partial charge in [0.1, 0.15) is 5.56 Å². The molecule has 8 heteroatoms. The van der Waals surface area contributed by atoms with Crippen LogP contribution >= 0.6 is 0 Å². The number of pyridine rings is 1. The number of nitrogens with zero attached hydrogens (tertiary/aromatic N) is 1. The van der Waals surface area contributed by atoms with Gasteiger partial charge in [-0.15, -0.1) is 0 Å². The fourth-order valence-electron chi connectivity index (χ4n) is 2.59. The summed E-state index contributed by atoms with van der Waals surface area (Å²) >= 11 is 0. The molecule has 1 aliphatic rings. The van der Waals surface area contributed by atoms with E-state index in [1.54, 1.807) is 6.07 Å². The maximum Gasteiger partial charge on any atom is 0.416 e. The first kappa shape index (κ1) is 17.5. The van der Waals surface area contributed by atoms with E-state index in [0.29, 0.717) is 5.69 Å². The van der Waals surface area contributed by atoms with Gasteiger partial charge in [-0.05, 0) is 25.0 Å². The minimum absolute atomic E-state index is 0.0119. The van der Waals surface area contributed by atoms with Crippen LogP contribution in [0.3, 0.4) is 0 Å². The van der Waals surface area contributed by atoms with Crippen molar-refractivity contribution in [3.8, 4) is 0 Å². The lowest BCUT2D eigenvalue weighted by Gasteiger charge is -2.39. The van der Waals surface area contributed by atoms with Crippen molar-refractivity contribution < 1.29 is 22.7 Å². The molecule has 0 radical (unpaired) electrons. The van der Waals surface area contributed by atoms with Crippen LogP contribution in [0.1, 0.15) is 42.7 Å². The Bertz CT molecular complexity index is 640. The number of ether oxygens (including phenoxy) is 1. The zero-order valence-corrected chi connectivity index (χ0v) is 13.1. The molecular weight excluding hydrogens is 313 g/mol. The summed E-state index contributed by atoms with van der Waals surface area (Å²) in [4.78, 5) is 28.2. The van der Waals surface area contributed by atoms with E-state index in [4.69, 9.17) is 4.74 Å². The molecule has 0 bridgehead atoms. The van der Waals surface area contributed by atoms with Gasteiger partial charge in [0, 0.05) is 12.2 Å². The van der Waals surface area contributed by atoms with Gasteiger partial charge in [-0.3, -0.25) is 9.59 Å². The van der Waals surface area contributed by atoms with Crippen LogP contribution in [0.2, 0.25) is 0 Å². The molecule has 0 unspecified atom stereocenters. The minimum Gasteiger partial charge on any atom is -0.365 e. The first-order valence-electron chi connectivity index (χ1n) is 7.35. The third kappa shape index (κ3) is 3.57. The van der Waals surface area contributed by atoms with Crippen molar-refractivity contribution in [2.75, 3.05) is 13.2 Å². The largest absolute Gasteiger partial charge is 0.416 e. The standard InChI is InChI=1S/C15H19F3N2O3/c1-8(2)11-5-4-10(13(21)19-11)14(22)20-6-7-23-12(9(20)3)15(16,17)18/h4-5,8-9,12H,6-7H2,1-3H3,(H,19,21)/t9-,12-/m0/s1. The molecule has 128 valence electrons. The summed E-state index contributed by atoms with van der Waals surface area (Å²) in [5.74, 6) is -0.643. The van der Waals surface area contributed by atoms with Crippen molar-refractivity contribution in [2.45, 2.75) is 45.0 Å². The number of hydrogen-bond donors (Lipinski definition) is 1. The molecule has 2 heterocycles. The predicted octanol–water partition coefficient (Wildman–Crippen LogP) is 2.29. The lowest BCUT2D eigenvalue weighted by atomic mass is 10.1. The quantitative estimate of drug-likeness (QED) is 0.904. The smallest absolute Gasteiger partial charge is 0.365 e. The highest BCUT2D eigenvalue weighted by Gasteiger charge is 2.49. The van der Waals surface area contributed by atoms with Crippen LogP contribution in [0.25, 0.3) is 0 Å². The number of carbonyl (C=O) groups excluding carboxylic acids is 1. The van der Waals surface area contributed by atoms with E-state index in [-0.39, 0.29) is 24.6 Å². The van der Waals surface area contributed by atoms with Crippen molar-refractivity contribution in [1.82, 2.24) is 9.88 Å². The molecule has 1 saturated heterocycles. The Morgan fingerprint density at radius 1 is 1.39 bits per heavy atom. The second-order valence-electron chi connectivity index (χ2n) is 5.88.